The SMILES string of the molecule is CCOC(=O)C(C)(CCC#N)c1ccc(Br)cc1. The lowest BCUT2D eigenvalue weighted by Gasteiger charge is -2.27. The molecular weight excluding hydrogens is 294 g/mol. The van der Waals surface area contributed by atoms with E-state index < -0.39 is 5.41 Å². The van der Waals surface area contributed by atoms with Gasteiger partial charge >= 0.3 is 5.97 Å². The summed E-state index contributed by atoms with van der Waals surface area (Å²) in [6.45, 7) is 3.95. The van der Waals surface area contributed by atoms with E-state index in [1.807, 2.05) is 31.2 Å². The van der Waals surface area contributed by atoms with Crippen molar-refractivity contribution in [2.45, 2.75) is 32.1 Å². The second-order valence-electron chi connectivity index (χ2n) is 4.22. The van der Waals surface area contributed by atoms with Crippen LogP contribution in [0.1, 0.15) is 32.3 Å². The first-order valence-corrected chi connectivity index (χ1v) is 6.64. The van der Waals surface area contributed by atoms with Crippen molar-refractivity contribution in [1.82, 2.24) is 0 Å². The Morgan fingerprint density at radius 1 is 1.44 bits per heavy atom. The van der Waals surface area contributed by atoms with Crippen LogP contribution >= 0.6 is 15.9 Å². The lowest BCUT2D eigenvalue weighted by molar-refractivity contribution is -0.149. The van der Waals surface area contributed by atoms with E-state index in [0.29, 0.717) is 19.4 Å². The first-order chi connectivity index (χ1) is 8.54. The van der Waals surface area contributed by atoms with Crippen LogP contribution in [0.5, 0.6) is 0 Å². The van der Waals surface area contributed by atoms with E-state index in [1.54, 1.807) is 6.92 Å². The van der Waals surface area contributed by atoms with Crippen molar-refractivity contribution >= 4 is 21.9 Å². The maximum atomic E-state index is 12.1. The van der Waals surface area contributed by atoms with Crippen molar-refractivity contribution in [3.63, 3.8) is 0 Å². The van der Waals surface area contributed by atoms with Crippen molar-refractivity contribution < 1.29 is 9.53 Å². The molecule has 4 heteroatoms. The highest BCUT2D eigenvalue weighted by Gasteiger charge is 2.36. The van der Waals surface area contributed by atoms with Crippen LogP contribution in [0.4, 0.5) is 0 Å². The van der Waals surface area contributed by atoms with Crippen LogP contribution in [-0.2, 0) is 14.9 Å². The van der Waals surface area contributed by atoms with Crippen molar-refractivity contribution in [3.05, 3.63) is 34.3 Å². The van der Waals surface area contributed by atoms with Crippen molar-refractivity contribution in [1.29, 1.82) is 5.26 Å². The number of ether oxygens (including phenoxy) is 1. The van der Waals surface area contributed by atoms with E-state index in [4.69, 9.17) is 10.00 Å². The number of nitriles is 1. The fraction of sp³-hybridized carbons (Fsp3) is 0.429. The number of carbonyl (C=O) groups is 1. The summed E-state index contributed by atoms with van der Waals surface area (Å²) in [5, 5.41) is 8.72. The molecule has 1 rings (SSSR count). The number of esters is 1. The van der Waals surface area contributed by atoms with Crippen molar-refractivity contribution in [2.75, 3.05) is 6.61 Å². The molecule has 0 bridgehead atoms. The second-order valence-corrected chi connectivity index (χ2v) is 5.13. The Morgan fingerprint density at radius 2 is 2.06 bits per heavy atom. The minimum Gasteiger partial charge on any atom is -0.465 e. The van der Waals surface area contributed by atoms with Crippen molar-refractivity contribution in [2.24, 2.45) is 0 Å². The molecule has 0 spiro atoms. The van der Waals surface area contributed by atoms with Crippen LogP contribution in [0.15, 0.2) is 28.7 Å². The molecule has 1 unspecified atom stereocenters. The van der Waals surface area contributed by atoms with Crippen LogP contribution in [0.3, 0.4) is 0 Å². The van der Waals surface area contributed by atoms with Crippen LogP contribution in [0.25, 0.3) is 0 Å². The van der Waals surface area contributed by atoms with Crippen LogP contribution in [0, 0.1) is 11.3 Å². The quantitative estimate of drug-likeness (QED) is 0.781. The molecule has 0 fully saturated rings. The van der Waals surface area contributed by atoms with Gasteiger partial charge < -0.3 is 4.74 Å². The summed E-state index contributed by atoms with van der Waals surface area (Å²) in [4.78, 5) is 12.1. The van der Waals surface area contributed by atoms with Gasteiger partial charge in [-0.15, -0.1) is 0 Å². The maximum absolute atomic E-state index is 12.1. The summed E-state index contributed by atoms with van der Waals surface area (Å²) >= 11 is 3.36. The molecule has 1 aromatic rings. The van der Waals surface area contributed by atoms with Gasteiger partial charge in [-0.05, 0) is 38.0 Å². The lowest BCUT2D eigenvalue weighted by atomic mass is 9.78. The molecule has 0 heterocycles. The van der Waals surface area contributed by atoms with Crippen molar-refractivity contribution in [3.8, 4) is 6.07 Å². The third-order valence-corrected chi connectivity index (χ3v) is 3.47. The minimum atomic E-state index is -0.757. The Bertz CT molecular complexity index is 450. The van der Waals surface area contributed by atoms with Crippen LogP contribution in [0.2, 0.25) is 0 Å². The van der Waals surface area contributed by atoms with E-state index in [2.05, 4.69) is 22.0 Å². The smallest absolute Gasteiger partial charge is 0.316 e. The summed E-state index contributed by atoms with van der Waals surface area (Å²) in [5.74, 6) is -0.275. The number of nitrogens with zero attached hydrogens (tertiary/aromatic N) is 1. The fourth-order valence-corrected chi connectivity index (χ4v) is 2.04. The highest BCUT2D eigenvalue weighted by atomic mass is 79.9. The van der Waals surface area contributed by atoms with Gasteiger partial charge in [0.15, 0.2) is 0 Å². The first-order valence-electron chi connectivity index (χ1n) is 5.85. The number of hydrogen-bond acceptors (Lipinski definition) is 3. The molecule has 0 aliphatic rings. The predicted octanol–water partition coefficient (Wildman–Crippen LogP) is 3.57. The van der Waals surface area contributed by atoms with E-state index in [0.717, 1.165) is 10.0 Å². The third-order valence-electron chi connectivity index (χ3n) is 2.94. The molecule has 96 valence electrons. The molecule has 18 heavy (non-hydrogen) atoms. The Hall–Kier alpha value is -1.34. The Morgan fingerprint density at radius 3 is 2.56 bits per heavy atom. The molecule has 3 nitrogen and oxygen atoms in total. The molecule has 1 atom stereocenters. The minimum absolute atomic E-state index is 0.275. The average Bonchev–Trinajstić information content (AvgIpc) is 2.37. The van der Waals surface area contributed by atoms with E-state index in [9.17, 15) is 4.79 Å². The monoisotopic (exact) mass is 309 g/mol. The third kappa shape index (κ3) is 3.33. The molecule has 0 amide bonds. The molecule has 0 saturated carbocycles. The molecule has 1 aromatic carbocycles. The van der Waals surface area contributed by atoms with E-state index in [1.165, 1.54) is 0 Å². The molecule has 0 aromatic heterocycles. The average molecular weight is 310 g/mol. The Kier molecular flexibility index (Phi) is 5.36. The van der Waals surface area contributed by atoms with Gasteiger partial charge in [-0.25, -0.2) is 0 Å². The topological polar surface area (TPSA) is 50.1 Å². The van der Waals surface area contributed by atoms with Gasteiger partial charge in [-0.2, -0.15) is 5.26 Å². The molecule has 0 saturated heterocycles. The largest absolute Gasteiger partial charge is 0.465 e. The molecule has 0 radical (unpaired) electrons. The normalized spacial score (nSPS) is 13.4. The zero-order chi connectivity index (χ0) is 13.6. The Balaban J connectivity index is 3.07. The maximum Gasteiger partial charge on any atom is 0.316 e. The summed E-state index contributed by atoms with van der Waals surface area (Å²) in [7, 11) is 0. The van der Waals surface area contributed by atoms with Gasteiger partial charge in [0.25, 0.3) is 0 Å². The zero-order valence-corrected chi connectivity index (χ0v) is 12.2. The van der Waals surface area contributed by atoms with E-state index >= 15 is 0 Å². The van der Waals surface area contributed by atoms with Gasteiger partial charge in [0.05, 0.1) is 18.1 Å². The van der Waals surface area contributed by atoms with Gasteiger partial charge in [-0.3, -0.25) is 4.79 Å². The first kappa shape index (κ1) is 14.7. The number of carbonyl (C=O) groups excluding carboxylic acids is 1. The van der Waals surface area contributed by atoms with Gasteiger partial charge in [0.1, 0.15) is 0 Å². The number of hydrogen-bond donors (Lipinski definition) is 0. The number of benzene rings is 1. The standard InChI is InChI=1S/C14H16BrNO2/c1-3-18-13(17)14(2,9-4-10-16)11-5-7-12(15)8-6-11/h5-8H,3-4,9H2,1-2H3. The molecule has 0 N–H and O–H groups in total. The lowest BCUT2D eigenvalue weighted by Crippen LogP contribution is -2.34. The highest BCUT2D eigenvalue weighted by molar-refractivity contribution is 9.10. The van der Waals surface area contributed by atoms with E-state index in [-0.39, 0.29) is 5.97 Å². The number of halogens is 1. The molecular formula is C14H16BrNO2. The van der Waals surface area contributed by atoms with Gasteiger partial charge in [0, 0.05) is 10.9 Å². The summed E-state index contributed by atoms with van der Waals surface area (Å²) in [5.41, 5.74) is 0.117. The predicted molar refractivity (Wildman–Crippen MR) is 73.0 cm³/mol. The van der Waals surface area contributed by atoms with Gasteiger partial charge in [-0.1, -0.05) is 28.1 Å². The zero-order valence-electron chi connectivity index (χ0n) is 10.6. The highest BCUT2D eigenvalue weighted by Crippen LogP contribution is 2.31. The molecule has 0 aliphatic heterocycles. The van der Waals surface area contributed by atoms with Crippen LogP contribution in [-0.4, -0.2) is 12.6 Å². The Labute approximate surface area is 116 Å². The second kappa shape index (κ2) is 6.55. The fourth-order valence-electron chi connectivity index (χ4n) is 1.78. The van der Waals surface area contributed by atoms with Crippen LogP contribution < -0.4 is 0 Å². The summed E-state index contributed by atoms with van der Waals surface area (Å²) in [6, 6.07) is 9.64. The van der Waals surface area contributed by atoms with Gasteiger partial charge in [0.2, 0.25) is 0 Å². The number of rotatable bonds is 5. The molecule has 0 aliphatic carbocycles. The summed E-state index contributed by atoms with van der Waals surface area (Å²) < 4.78 is 6.08. The summed E-state index contributed by atoms with van der Waals surface area (Å²) in [6.07, 6.45) is 0.787.